The molecule has 3 rings (SSSR count). The highest BCUT2D eigenvalue weighted by Crippen LogP contribution is 2.37. The number of carbonyl (C=O) groups excluding carboxylic acids is 2. The van der Waals surface area contributed by atoms with Gasteiger partial charge in [0.15, 0.2) is 11.5 Å². The molecule has 2 heterocycles. The summed E-state index contributed by atoms with van der Waals surface area (Å²) in [5.41, 5.74) is 2.30. The van der Waals surface area contributed by atoms with Crippen molar-refractivity contribution in [1.82, 2.24) is 9.88 Å². The van der Waals surface area contributed by atoms with E-state index in [0.717, 1.165) is 16.5 Å². The SMILES string of the molecule is COC(=O)CCN1Cc2c([nH]c3cc(OC)c(OC)cc23)C1=O. The second-order valence-corrected chi connectivity index (χ2v) is 5.28. The number of hydrogen-bond acceptors (Lipinski definition) is 5. The van der Waals surface area contributed by atoms with Crippen LogP contribution in [0.4, 0.5) is 0 Å². The molecule has 23 heavy (non-hydrogen) atoms. The summed E-state index contributed by atoms with van der Waals surface area (Å²) in [5, 5.41) is 0.923. The molecule has 2 aromatic rings. The smallest absolute Gasteiger partial charge is 0.307 e. The van der Waals surface area contributed by atoms with Crippen LogP contribution in [0.3, 0.4) is 0 Å². The predicted octanol–water partition coefficient (Wildman–Crippen LogP) is 1.70. The van der Waals surface area contributed by atoms with Crippen molar-refractivity contribution < 1.29 is 23.8 Å². The summed E-state index contributed by atoms with van der Waals surface area (Å²) >= 11 is 0. The van der Waals surface area contributed by atoms with Gasteiger partial charge in [-0.25, -0.2) is 0 Å². The van der Waals surface area contributed by atoms with Crippen LogP contribution in [0.1, 0.15) is 22.5 Å². The molecule has 0 bridgehead atoms. The molecular formula is C16H18N2O5. The zero-order chi connectivity index (χ0) is 16.6. The molecule has 122 valence electrons. The number of fused-ring (bicyclic) bond motifs is 3. The van der Waals surface area contributed by atoms with Gasteiger partial charge in [-0.05, 0) is 6.07 Å². The third-order valence-electron chi connectivity index (χ3n) is 4.07. The van der Waals surface area contributed by atoms with Gasteiger partial charge in [0.25, 0.3) is 5.91 Å². The van der Waals surface area contributed by atoms with Crippen molar-refractivity contribution in [2.24, 2.45) is 0 Å². The minimum absolute atomic E-state index is 0.113. The number of H-pyrrole nitrogens is 1. The lowest BCUT2D eigenvalue weighted by Crippen LogP contribution is -2.27. The average molecular weight is 318 g/mol. The van der Waals surface area contributed by atoms with Crippen LogP contribution in [0.5, 0.6) is 11.5 Å². The second kappa shape index (κ2) is 5.83. The van der Waals surface area contributed by atoms with Gasteiger partial charge in [0, 0.05) is 30.1 Å². The highest BCUT2D eigenvalue weighted by Gasteiger charge is 2.31. The van der Waals surface area contributed by atoms with Crippen LogP contribution in [-0.2, 0) is 16.1 Å². The minimum atomic E-state index is -0.329. The summed E-state index contributed by atoms with van der Waals surface area (Å²) in [6, 6.07) is 3.68. The van der Waals surface area contributed by atoms with E-state index in [4.69, 9.17) is 9.47 Å². The Morgan fingerprint density at radius 3 is 2.57 bits per heavy atom. The van der Waals surface area contributed by atoms with Crippen LogP contribution in [0.15, 0.2) is 12.1 Å². The molecule has 1 aromatic heterocycles. The fourth-order valence-corrected chi connectivity index (χ4v) is 2.85. The molecule has 0 aliphatic carbocycles. The fraction of sp³-hybridized carbons (Fsp3) is 0.375. The number of rotatable bonds is 5. The maximum atomic E-state index is 12.5. The number of methoxy groups -OCH3 is 3. The Morgan fingerprint density at radius 2 is 1.91 bits per heavy atom. The first kappa shape index (κ1) is 15.2. The highest BCUT2D eigenvalue weighted by molar-refractivity contribution is 6.04. The Kier molecular flexibility index (Phi) is 3.85. The Hall–Kier alpha value is -2.70. The first-order valence-electron chi connectivity index (χ1n) is 7.21. The number of hydrogen-bond donors (Lipinski definition) is 1. The number of nitrogens with one attached hydrogen (secondary N) is 1. The Bertz CT molecular complexity index is 780. The van der Waals surface area contributed by atoms with Crippen LogP contribution < -0.4 is 9.47 Å². The standard InChI is InChI=1S/C16H18N2O5/c1-21-12-6-9-10-8-18(5-4-14(19)23-3)16(20)15(10)17-11(9)7-13(12)22-2/h6-7,17H,4-5,8H2,1-3H3. The zero-order valence-corrected chi connectivity index (χ0v) is 13.3. The fourth-order valence-electron chi connectivity index (χ4n) is 2.85. The van der Waals surface area contributed by atoms with Crippen molar-refractivity contribution in [3.8, 4) is 11.5 Å². The molecule has 0 unspecified atom stereocenters. The van der Waals surface area contributed by atoms with Gasteiger partial charge in [0.1, 0.15) is 5.69 Å². The van der Waals surface area contributed by atoms with Crippen LogP contribution in [0.25, 0.3) is 10.9 Å². The molecule has 0 saturated heterocycles. The third kappa shape index (κ3) is 2.48. The van der Waals surface area contributed by atoms with E-state index in [1.54, 1.807) is 19.1 Å². The van der Waals surface area contributed by atoms with E-state index >= 15 is 0 Å². The lowest BCUT2D eigenvalue weighted by atomic mass is 10.1. The summed E-state index contributed by atoms with van der Waals surface area (Å²) in [6.07, 6.45) is 0.182. The first-order valence-corrected chi connectivity index (χ1v) is 7.21. The van der Waals surface area contributed by atoms with Crippen molar-refractivity contribution in [3.63, 3.8) is 0 Å². The molecule has 1 aromatic carbocycles. The molecule has 1 N–H and O–H groups in total. The van der Waals surface area contributed by atoms with Crippen LogP contribution in [-0.4, -0.2) is 49.6 Å². The van der Waals surface area contributed by atoms with E-state index in [-0.39, 0.29) is 18.3 Å². The number of nitrogens with zero attached hydrogens (tertiary/aromatic N) is 1. The molecule has 0 saturated carbocycles. The lowest BCUT2D eigenvalue weighted by molar-refractivity contribution is -0.140. The molecule has 1 aliphatic rings. The molecule has 0 radical (unpaired) electrons. The van der Waals surface area contributed by atoms with Crippen LogP contribution in [0.2, 0.25) is 0 Å². The molecule has 7 heteroatoms. The second-order valence-electron chi connectivity index (χ2n) is 5.28. The summed E-state index contributed by atoms with van der Waals surface area (Å²) < 4.78 is 15.2. The molecule has 7 nitrogen and oxygen atoms in total. The van der Waals surface area contributed by atoms with Gasteiger partial charge in [0.2, 0.25) is 0 Å². The topological polar surface area (TPSA) is 80.9 Å². The molecule has 0 spiro atoms. The van der Waals surface area contributed by atoms with Gasteiger partial charge >= 0.3 is 5.97 Å². The van der Waals surface area contributed by atoms with Gasteiger partial charge in [-0.3, -0.25) is 9.59 Å². The molecule has 1 amide bonds. The summed E-state index contributed by atoms with van der Waals surface area (Å²) in [6.45, 7) is 0.795. The van der Waals surface area contributed by atoms with E-state index in [1.807, 2.05) is 12.1 Å². The number of esters is 1. The zero-order valence-electron chi connectivity index (χ0n) is 13.3. The number of carbonyl (C=O) groups is 2. The number of amides is 1. The van der Waals surface area contributed by atoms with Gasteiger partial charge in [-0.15, -0.1) is 0 Å². The summed E-state index contributed by atoms with van der Waals surface area (Å²) in [7, 11) is 4.48. The third-order valence-corrected chi connectivity index (χ3v) is 4.07. The summed E-state index contributed by atoms with van der Waals surface area (Å²) in [4.78, 5) is 28.5. The monoisotopic (exact) mass is 318 g/mol. The van der Waals surface area contributed by atoms with Gasteiger partial charge in [-0.1, -0.05) is 0 Å². The van der Waals surface area contributed by atoms with E-state index in [1.165, 1.54) is 7.11 Å². The number of aromatic amines is 1. The first-order chi connectivity index (χ1) is 11.1. The van der Waals surface area contributed by atoms with Crippen molar-refractivity contribution >= 4 is 22.8 Å². The molecule has 0 atom stereocenters. The lowest BCUT2D eigenvalue weighted by Gasteiger charge is -2.15. The highest BCUT2D eigenvalue weighted by atomic mass is 16.5. The number of benzene rings is 1. The van der Waals surface area contributed by atoms with Crippen molar-refractivity contribution in [2.45, 2.75) is 13.0 Å². The van der Waals surface area contributed by atoms with Gasteiger partial charge in [-0.2, -0.15) is 0 Å². The number of aromatic nitrogens is 1. The maximum Gasteiger partial charge on any atom is 0.307 e. The maximum absolute atomic E-state index is 12.5. The van der Waals surface area contributed by atoms with E-state index < -0.39 is 0 Å². The largest absolute Gasteiger partial charge is 0.493 e. The van der Waals surface area contributed by atoms with Crippen molar-refractivity contribution in [1.29, 1.82) is 0 Å². The van der Waals surface area contributed by atoms with E-state index in [2.05, 4.69) is 9.72 Å². The Labute approximate surface area is 133 Å². The molecule has 1 aliphatic heterocycles. The minimum Gasteiger partial charge on any atom is -0.493 e. The Morgan fingerprint density at radius 1 is 1.22 bits per heavy atom. The van der Waals surface area contributed by atoms with Crippen LogP contribution >= 0.6 is 0 Å². The van der Waals surface area contributed by atoms with E-state index in [9.17, 15) is 9.59 Å². The van der Waals surface area contributed by atoms with Gasteiger partial charge in [0.05, 0.1) is 33.3 Å². The normalized spacial score (nSPS) is 13.3. The number of ether oxygens (including phenoxy) is 3. The van der Waals surface area contributed by atoms with Crippen LogP contribution in [0, 0.1) is 0 Å². The van der Waals surface area contributed by atoms with Crippen molar-refractivity contribution in [3.05, 3.63) is 23.4 Å². The molecule has 0 fully saturated rings. The molecular weight excluding hydrogens is 300 g/mol. The van der Waals surface area contributed by atoms with E-state index in [0.29, 0.717) is 30.3 Å². The quantitative estimate of drug-likeness (QED) is 0.849. The Balaban J connectivity index is 1.92. The predicted molar refractivity (Wildman–Crippen MR) is 82.8 cm³/mol. The van der Waals surface area contributed by atoms with Crippen molar-refractivity contribution in [2.75, 3.05) is 27.9 Å². The van der Waals surface area contributed by atoms with Gasteiger partial charge < -0.3 is 24.1 Å². The average Bonchev–Trinajstić information content (AvgIpc) is 3.07. The summed E-state index contributed by atoms with van der Waals surface area (Å²) in [5.74, 6) is 0.778.